The minimum Gasteiger partial charge on any atom is -0.497 e. The highest BCUT2D eigenvalue weighted by atomic mass is 32.1. The molecule has 1 aromatic carbocycles. The molecule has 0 fully saturated rings. The van der Waals surface area contributed by atoms with Crippen molar-refractivity contribution < 1.29 is 14.5 Å². The summed E-state index contributed by atoms with van der Waals surface area (Å²) in [6, 6.07) is 8.40. The van der Waals surface area contributed by atoms with Crippen LogP contribution in [0.25, 0.3) is 10.2 Å². The molecule has 0 aliphatic rings. The lowest BCUT2D eigenvalue weighted by Gasteiger charge is -2.09. The van der Waals surface area contributed by atoms with Gasteiger partial charge in [0.2, 0.25) is 11.0 Å². The molecule has 2 heterocycles. The maximum atomic E-state index is 11.9. The first-order valence-corrected chi connectivity index (χ1v) is 8.64. The van der Waals surface area contributed by atoms with Gasteiger partial charge in [0.1, 0.15) is 5.75 Å². The fraction of sp³-hybridized carbons (Fsp3) is 0.133. The average Bonchev–Trinajstić information content (AvgIpc) is 3.20. The summed E-state index contributed by atoms with van der Waals surface area (Å²) in [5, 5.41) is 16.5. The molecule has 8 nitrogen and oxygen atoms in total. The van der Waals surface area contributed by atoms with E-state index in [0.29, 0.717) is 15.8 Å². The first-order chi connectivity index (χ1) is 12.0. The van der Waals surface area contributed by atoms with Gasteiger partial charge < -0.3 is 4.74 Å². The summed E-state index contributed by atoms with van der Waals surface area (Å²) < 4.78 is 6.05. The fourth-order valence-corrected chi connectivity index (χ4v) is 3.68. The van der Waals surface area contributed by atoms with Gasteiger partial charge in [0.25, 0.3) is 0 Å². The number of aromatic nitrogens is 1. The van der Waals surface area contributed by atoms with Crippen molar-refractivity contribution in [1.29, 1.82) is 0 Å². The topological polar surface area (TPSA) is 97.9 Å². The maximum absolute atomic E-state index is 11.9. The molecule has 0 unspecified atom stereocenters. The normalized spacial score (nSPS) is 11.1. The molecular formula is C15H12N4O4S2. The van der Waals surface area contributed by atoms with Crippen LogP contribution in [0.4, 0.5) is 10.1 Å². The van der Waals surface area contributed by atoms with Crippen LogP contribution >= 0.6 is 22.7 Å². The van der Waals surface area contributed by atoms with Crippen molar-refractivity contribution in [2.24, 2.45) is 5.10 Å². The van der Waals surface area contributed by atoms with Crippen molar-refractivity contribution in [3.05, 3.63) is 45.3 Å². The lowest BCUT2D eigenvalue weighted by Crippen LogP contribution is -2.22. The van der Waals surface area contributed by atoms with Crippen LogP contribution in [-0.2, 0) is 4.79 Å². The summed E-state index contributed by atoms with van der Waals surface area (Å²) >= 11 is 2.28. The van der Waals surface area contributed by atoms with E-state index >= 15 is 0 Å². The third-order valence-electron chi connectivity index (χ3n) is 3.16. The number of hydrogen-bond acceptors (Lipinski definition) is 8. The molecule has 2 aromatic heterocycles. The first kappa shape index (κ1) is 17.0. The van der Waals surface area contributed by atoms with Crippen LogP contribution in [0.2, 0.25) is 0 Å². The molecule has 0 aliphatic carbocycles. The van der Waals surface area contributed by atoms with Crippen LogP contribution in [0, 0.1) is 10.1 Å². The molecule has 0 saturated heterocycles. The van der Waals surface area contributed by atoms with Gasteiger partial charge in [-0.3, -0.25) is 14.9 Å². The zero-order chi connectivity index (χ0) is 18.0. The molecule has 0 spiro atoms. The molecule has 0 atom stereocenters. The molecule has 0 saturated carbocycles. The number of fused-ring (bicyclic) bond motifs is 1. The van der Waals surface area contributed by atoms with Crippen LogP contribution in [0.3, 0.4) is 0 Å². The maximum Gasteiger partial charge on any atom is 0.324 e. The average molecular weight is 376 g/mol. The number of methoxy groups -OCH3 is 1. The number of anilines is 1. The molecule has 0 N–H and O–H groups in total. The summed E-state index contributed by atoms with van der Waals surface area (Å²) in [7, 11) is 1.58. The monoisotopic (exact) mass is 376 g/mol. The quantitative estimate of drug-likeness (QED) is 0.384. The zero-order valence-corrected chi connectivity index (χ0v) is 14.8. The molecule has 3 rings (SSSR count). The molecule has 10 heteroatoms. The van der Waals surface area contributed by atoms with Crippen molar-refractivity contribution in [3.63, 3.8) is 0 Å². The Bertz CT molecular complexity index is 979. The number of hydrogen-bond donors (Lipinski definition) is 0. The van der Waals surface area contributed by atoms with E-state index in [4.69, 9.17) is 4.74 Å². The van der Waals surface area contributed by atoms with Gasteiger partial charge in [0.05, 0.1) is 33.3 Å². The second kappa shape index (κ2) is 6.95. The van der Waals surface area contributed by atoms with Crippen molar-refractivity contribution in [1.82, 2.24) is 4.98 Å². The van der Waals surface area contributed by atoms with E-state index in [2.05, 4.69) is 10.1 Å². The van der Waals surface area contributed by atoms with Gasteiger partial charge in [0.15, 0.2) is 0 Å². The van der Waals surface area contributed by atoms with Crippen LogP contribution in [0.15, 0.2) is 35.4 Å². The van der Waals surface area contributed by atoms with Gasteiger partial charge in [-0.15, -0.1) is 0 Å². The molecular weight excluding hydrogens is 364 g/mol. The fourth-order valence-electron chi connectivity index (χ4n) is 2.00. The molecule has 0 radical (unpaired) electrons. The number of nitrogens with zero attached hydrogens (tertiary/aromatic N) is 4. The van der Waals surface area contributed by atoms with E-state index in [0.717, 1.165) is 21.6 Å². The number of ether oxygens (including phenoxy) is 1. The summed E-state index contributed by atoms with van der Waals surface area (Å²) in [4.78, 5) is 27.2. The summed E-state index contributed by atoms with van der Waals surface area (Å²) in [6.45, 7) is 1.38. The van der Waals surface area contributed by atoms with Crippen LogP contribution < -0.4 is 9.75 Å². The minimum atomic E-state index is -0.467. The number of amides is 1. The largest absolute Gasteiger partial charge is 0.497 e. The molecule has 128 valence electrons. The Morgan fingerprint density at radius 3 is 2.80 bits per heavy atom. The number of thiophene rings is 1. The van der Waals surface area contributed by atoms with Crippen molar-refractivity contribution in [2.45, 2.75) is 6.92 Å². The number of benzene rings is 1. The molecule has 25 heavy (non-hydrogen) atoms. The Morgan fingerprint density at radius 2 is 2.16 bits per heavy atom. The van der Waals surface area contributed by atoms with Crippen molar-refractivity contribution in [3.8, 4) is 5.75 Å². The van der Waals surface area contributed by atoms with Gasteiger partial charge >= 0.3 is 5.00 Å². The van der Waals surface area contributed by atoms with E-state index in [1.807, 2.05) is 6.07 Å². The summed E-state index contributed by atoms with van der Waals surface area (Å²) in [6.07, 6.45) is 1.41. The third kappa shape index (κ3) is 3.64. The second-order valence-corrected chi connectivity index (χ2v) is 6.94. The molecule has 3 aromatic rings. The number of rotatable bonds is 5. The highest BCUT2D eigenvalue weighted by Crippen LogP contribution is 2.32. The van der Waals surface area contributed by atoms with Crippen molar-refractivity contribution in [2.75, 3.05) is 12.1 Å². The SMILES string of the molecule is COc1ccc2nc(N(/N=C\c3ccc([N+](=O)[O-])s3)C(C)=O)sc2c1. The van der Waals surface area contributed by atoms with Crippen molar-refractivity contribution >= 4 is 55.1 Å². The summed E-state index contributed by atoms with van der Waals surface area (Å²) in [5.41, 5.74) is 0.731. The van der Waals surface area contributed by atoms with E-state index < -0.39 is 4.92 Å². The van der Waals surface area contributed by atoms with Gasteiger partial charge in [-0.1, -0.05) is 22.7 Å². The number of carbonyl (C=O) groups is 1. The van der Waals surface area contributed by atoms with Crippen LogP contribution in [-0.4, -0.2) is 29.1 Å². The number of carbonyl (C=O) groups excluding carboxylic acids is 1. The third-order valence-corrected chi connectivity index (χ3v) is 5.12. The molecule has 1 amide bonds. The standard InChI is InChI=1S/C15H12N4O4S2/c1-9(20)18(16-8-11-4-6-14(24-11)19(21)22)15-17-12-5-3-10(23-2)7-13(12)25-15/h3-8H,1-2H3/b16-8-. The van der Waals surface area contributed by atoms with Crippen LogP contribution in [0.5, 0.6) is 5.75 Å². The Hall–Kier alpha value is -2.85. The van der Waals surface area contributed by atoms with Gasteiger partial charge in [-0.05, 0) is 24.3 Å². The summed E-state index contributed by atoms with van der Waals surface area (Å²) in [5.74, 6) is 0.389. The lowest BCUT2D eigenvalue weighted by atomic mass is 10.3. The second-order valence-electron chi connectivity index (χ2n) is 4.84. The first-order valence-electron chi connectivity index (χ1n) is 7.01. The van der Waals surface area contributed by atoms with E-state index in [1.165, 1.54) is 35.6 Å². The lowest BCUT2D eigenvalue weighted by molar-refractivity contribution is -0.380. The number of hydrazone groups is 1. The number of thiazole rings is 1. The minimum absolute atomic E-state index is 0.0166. The van der Waals surface area contributed by atoms with Crippen LogP contribution in [0.1, 0.15) is 11.8 Å². The highest BCUT2D eigenvalue weighted by Gasteiger charge is 2.16. The van der Waals surface area contributed by atoms with Gasteiger partial charge in [-0.25, -0.2) is 4.98 Å². The smallest absolute Gasteiger partial charge is 0.324 e. The Morgan fingerprint density at radius 1 is 1.36 bits per heavy atom. The van der Waals surface area contributed by atoms with Gasteiger partial charge in [0, 0.05) is 13.0 Å². The number of nitro groups is 1. The van der Waals surface area contributed by atoms with Gasteiger partial charge in [-0.2, -0.15) is 10.1 Å². The van der Waals surface area contributed by atoms with E-state index in [1.54, 1.807) is 25.3 Å². The Balaban J connectivity index is 1.91. The van der Waals surface area contributed by atoms with E-state index in [9.17, 15) is 14.9 Å². The Kier molecular flexibility index (Phi) is 4.72. The highest BCUT2D eigenvalue weighted by molar-refractivity contribution is 7.22. The molecule has 0 aliphatic heterocycles. The van der Waals surface area contributed by atoms with E-state index in [-0.39, 0.29) is 10.9 Å². The Labute approximate surface area is 150 Å². The predicted molar refractivity (Wildman–Crippen MR) is 97.9 cm³/mol. The predicted octanol–water partition coefficient (Wildman–Crippen LogP) is 3.66. The zero-order valence-electron chi connectivity index (χ0n) is 13.2. The molecule has 0 bridgehead atoms.